The molecule has 28 heavy (non-hydrogen) atoms. The fraction of sp³-hybridized carbons (Fsp3) is 1.00. The van der Waals surface area contributed by atoms with Crippen molar-refractivity contribution in [1.82, 2.24) is 0 Å². The quantitative estimate of drug-likeness (QED) is 0.441. The van der Waals surface area contributed by atoms with Gasteiger partial charge in [-0.25, -0.2) is 0 Å². The second-order valence-electron chi connectivity index (χ2n) is 12.1. The van der Waals surface area contributed by atoms with Gasteiger partial charge in [0, 0.05) is 0 Å². The van der Waals surface area contributed by atoms with E-state index >= 15 is 0 Å². The first kappa shape index (κ1) is 19.1. The average molecular weight is 425 g/mol. The monoisotopic (exact) mass is 424 g/mol. The third kappa shape index (κ3) is 3.14. The van der Waals surface area contributed by atoms with Crippen LogP contribution in [0.2, 0.25) is 0 Å². The molecule has 8 fully saturated rings. The summed E-state index contributed by atoms with van der Waals surface area (Å²) < 4.78 is 32.3. The molecule has 3 nitrogen and oxygen atoms in total. The van der Waals surface area contributed by atoms with Crippen LogP contribution in [-0.2, 0) is 10.1 Å². The van der Waals surface area contributed by atoms with E-state index in [1.54, 1.807) is 0 Å². The zero-order chi connectivity index (χ0) is 19.1. The van der Waals surface area contributed by atoms with Crippen LogP contribution >= 0.6 is 7.92 Å². The van der Waals surface area contributed by atoms with Crippen molar-refractivity contribution in [1.29, 1.82) is 0 Å². The third-order valence-electron chi connectivity index (χ3n) is 9.94. The molecule has 0 aromatic rings. The number of hydrogen-bond donors (Lipinski definition) is 1. The average Bonchev–Trinajstić information content (AvgIpc) is 2.55. The zero-order valence-corrected chi connectivity index (χ0v) is 18.9. The summed E-state index contributed by atoms with van der Waals surface area (Å²) in [5, 5.41) is 1.16. The number of rotatable bonds is 6. The molecule has 0 aromatic heterocycles. The molecule has 8 aliphatic carbocycles. The molecule has 8 bridgehead atoms. The van der Waals surface area contributed by atoms with Crippen LogP contribution in [0.1, 0.15) is 83.5 Å². The van der Waals surface area contributed by atoms with Crippen molar-refractivity contribution in [2.75, 3.05) is 11.9 Å². The molecule has 158 valence electrons. The third-order valence-corrected chi connectivity index (χ3v) is 14.9. The van der Waals surface area contributed by atoms with Crippen molar-refractivity contribution >= 4 is 18.0 Å². The van der Waals surface area contributed by atoms with E-state index in [2.05, 4.69) is 0 Å². The molecule has 0 unspecified atom stereocenters. The van der Waals surface area contributed by atoms with E-state index in [1.165, 1.54) is 77.0 Å². The van der Waals surface area contributed by atoms with Crippen LogP contribution in [0.15, 0.2) is 0 Å². The first-order chi connectivity index (χ1) is 13.3. The van der Waals surface area contributed by atoms with Gasteiger partial charge in [-0.3, -0.25) is 4.55 Å². The minimum atomic E-state index is -3.82. The van der Waals surface area contributed by atoms with Gasteiger partial charge in [0.2, 0.25) is 0 Å². The number of hydrogen-bond acceptors (Lipinski definition) is 2. The largest absolute Gasteiger partial charge is 0.286 e. The topological polar surface area (TPSA) is 54.4 Å². The summed E-state index contributed by atoms with van der Waals surface area (Å²) in [6.07, 6.45) is 19.6. The van der Waals surface area contributed by atoms with Crippen molar-refractivity contribution in [3.8, 4) is 0 Å². The summed E-state index contributed by atoms with van der Waals surface area (Å²) in [5.41, 5.74) is 0. The molecule has 8 rings (SSSR count). The Labute approximate surface area is 172 Å². The Hall–Kier alpha value is 0.340. The summed E-state index contributed by atoms with van der Waals surface area (Å²) in [5.74, 6) is 5.86. The molecule has 0 aromatic carbocycles. The second-order valence-corrected chi connectivity index (χ2v) is 16.8. The summed E-state index contributed by atoms with van der Waals surface area (Å²) in [6.45, 7) is 0. The Morgan fingerprint density at radius 2 is 1.00 bits per heavy atom. The van der Waals surface area contributed by atoms with Gasteiger partial charge in [-0.05, 0) is 135 Å². The Kier molecular flexibility index (Phi) is 4.37. The van der Waals surface area contributed by atoms with Gasteiger partial charge in [0.1, 0.15) is 0 Å². The maximum Gasteiger partial charge on any atom is 0.264 e. The van der Waals surface area contributed by atoms with Crippen molar-refractivity contribution < 1.29 is 13.0 Å². The lowest BCUT2D eigenvalue weighted by molar-refractivity contribution is 0.0185. The highest BCUT2D eigenvalue weighted by Gasteiger charge is 2.62. The maximum absolute atomic E-state index is 11.5. The van der Waals surface area contributed by atoms with E-state index < -0.39 is 10.1 Å². The maximum atomic E-state index is 11.5. The molecule has 0 spiro atoms. The van der Waals surface area contributed by atoms with Crippen LogP contribution in [0.5, 0.6) is 0 Å². The van der Waals surface area contributed by atoms with E-state index in [4.69, 9.17) is 0 Å². The molecule has 5 heteroatoms. The van der Waals surface area contributed by atoms with Gasteiger partial charge in [-0.2, -0.15) is 8.42 Å². The van der Waals surface area contributed by atoms with Crippen LogP contribution < -0.4 is 0 Å². The lowest BCUT2D eigenvalue weighted by atomic mass is 9.55. The fourth-order valence-corrected chi connectivity index (χ4v) is 16.2. The van der Waals surface area contributed by atoms with Crippen molar-refractivity contribution in [2.24, 2.45) is 35.5 Å². The Bertz CT molecular complexity index is 630. The summed E-state index contributed by atoms with van der Waals surface area (Å²) in [4.78, 5) is 0. The van der Waals surface area contributed by atoms with Gasteiger partial charge in [0.05, 0.1) is 5.75 Å². The van der Waals surface area contributed by atoms with Gasteiger partial charge >= 0.3 is 0 Å². The van der Waals surface area contributed by atoms with E-state index in [-0.39, 0.29) is 13.7 Å². The van der Waals surface area contributed by atoms with Gasteiger partial charge in [0.25, 0.3) is 10.1 Å². The molecule has 8 saturated carbocycles. The Morgan fingerprint density at radius 3 is 1.29 bits per heavy atom. The van der Waals surface area contributed by atoms with Gasteiger partial charge in [-0.15, -0.1) is 0 Å². The van der Waals surface area contributed by atoms with Crippen molar-refractivity contribution in [3.63, 3.8) is 0 Å². The van der Waals surface area contributed by atoms with Crippen molar-refractivity contribution in [2.45, 2.75) is 93.8 Å². The highest BCUT2D eigenvalue weighted by Crippen LogP contribution is 2.78. The summed E-state index contributed by atoms with van der Waals surface area (Å²) >= 11 is 0. The predicted octanol–water partition coefficient (Wildman–Crippen LogP) is 5.68. The van der Waals surface area contributed by atoms with Crippen LogP contribution in [-0.4, -0.2) is 35.2 Å². The molecule has 0 radical (unpaired) electrons. The molecule has 0 saturated heterocycles. The van der Waals surface area contributed by atoms with Crippen LogP contribution in [0, 0.1) is 35.5 Å². The van der Waals surface area contributed by atoms with Crippen LogP contribution in [0.4, 0.5) is 0 Å². The van der Waals surface area contributed by atoms with Gasteiger partial charge in [-0.1, -0.05) is 7.92 Å². The minimum Gasteiger partial charge on any atom is -0.286 e. The first-order valence-corrected chi connectivity index (χ1v) is 15.2. The smallest absolute Gasteiger partial charge is 0.264 e. The van der Waals surface area contributed by atoms with Gasteiger partial charge in [0.15, 0.2) is 0 Å². The highest BCUT2D eigenvalue weighted by atomic mass is 32.2. The lowest BCUT2D eigenvalue weighted by Crippen LogP contribution is -2.56. The van der Waals surface area contributed by atoms with Crippen LogP contribution in [0.25, 0.3) is 0 Å². The SMILES string of the molecule is O=S(=O)(O)CCCP(C12CC3CC(CC(C3)C1)C2)C12CC3CC(CC(C3)C1)C2. The molecule has 1 N–H and O–H groups in total. The normalized spacial score (nSPS) is 52.3. The van der Waals surface area contributed by atoms with E-state index in [1.807, 2.05) is 0 Å². The van der Waals surface area contributed by atoms with Gasteiger partial charge < -0.3 is 0 Å². The molecular weight excluding hydrogens is 387 g/mol. The van der Waals surface area contributed by atoms with E-state index in [9.17, 15) is 13.0 Å². The van der Waals surface area contributed by atoms with Crippen LogP contribution in [0.3, 0.4) is 0 Å². The fourth-order valence-electron chi connectivity index (χ4n) is 10.2. The predicted molar refractivity (Wildman–Crippen MR) is 115 cm³/mol. The zero-order valence-electron chi connectivity index (χ0n) is 17.2. The lowest BCUT2D eigenvalue weighted by Gasteiger charge is -2.67. The molecule has 0 atom stereocenters. The first-order valence-electron chi connectivity index (χ1n) is 12.0. The standard InChI is InChI=1S/C23H37O3PS/c24-28(25,26)3-1-2-27(22-10-16-4-17(11-22)6-18(5-16)12-22)23-13-19-7-20(14-23)9-21(8-19)15-23/h16-21H,1-15H2,(H,24,25,26). The van der Waals surface area contributed by atoms with E-state index in [0.29, 0.717) is 16.7 Å². The summed E-state index contributed by atoms with van der Waals surface area (Å²) in [6, 6.07) is 0. The molecule has 8 aliphatic rings. The molecule has 0 heterocycles. The van der Waals surface area contributed by atoms with Crippen molar-refractivity contribution in [3.05, 3.63) is 0 Å². The second kappa shape index (κ2) is 6.42. The molecule has 0 aliphatic heterocycles. The minimum absolute atomic E-state index is 0.00936. The molecular formula is C23H37O3PS. The van der Waals surface area contributed by atoms with E-state index in [0.717, 1.165) is 41.7 Å². The Balaban J connectivity index is 1.34. The molecule has 0 amide bonds. The highest BCUT2D eigenvalue weighted by molar-refractivity contribution is 7.85. The summed E-state index contributed by atoms with van der Waals surface area (Å²) in [7, 11) is -3.96. The Morgan fingerprint density at radius 1 is 0.679 bits per heavy atom.